The molecule has 0 atom stereocenters. The van der Waals surface area contributed by atoms with E-state index in [4.69, 9.17) is 16.3 Å². The number of rotatable bonds is 4. The van der Waals surface area contributed by atoms with Gasteiger partial charge in [-0.25, -0.2) is 9.79 Å². The van der Waals surface area contributed by atoms with Crippen LogP contribution in [0.5, 0.6) is 0 Å². The number of nitro benzene ring substituents is 1. The molecule has 0 unspecified atom stereocenters. The average Bonchev–Trinajstić information content (AvgIpc) is 2.97. The second-order valence-corrected chi connectivity index (χ2v) is 5.96. The molecule has 27 heavy (non-hydrogen) atoms. The Balaban J connectivity index is 1.90. The molecule has 3 rings (SSSR count). The van der Waals surface area contributed by atoms with Gasteiger partial charge < -0.3 is 10.1 Å². The molecule has 2 aromatic carbocycles. The summed E-state index contributed by atoms with van der Waals surface area (Å²) in [5.41, 5.74) is 1.22. The predicted molar refractivity (Wildman–Crippen MR) is 99.5 cm³/mol. The summed E-state index contributed by atoms with van der Waals surface area (Å²) < 4.78 is 5.15. The second kappa shape index (κ2) is 7.38. The first-order valence-electron chi connectivity index (χ1n) is 7.68. The molecule has 0 aromatic heterocycles. The number of nitrogens with one attached hydrogen (secondary N) is 1. The molecule has 1 N–H and O–H groups in total. The van der Waals surface area contributed by atoms with Crippen molar-refractivity contribution in [2.45, 2.75) is 6.92 Å². The zero-order valence-electron chi connectivity index (χ0n) is 13.9. The van der Waals surface area contributed by atoms with Gasteiger partial charge in [0.1, 0.15) is 0 Å². The number of carbonyl (C=O) groups excluding carboxylic acids is 2. The summed E-state index contributed by atoms with van der Waals surface area (Å²) in [7, 11) is 0. The number of amides is 1. The Morgan fingerprint density at radius 2 is 1.96 bits per heavy atom. The Morgan fingerprint density at radius 1 is 1.26 bits per heavy atom. The van der Waals surface area contributed by atoms with E-state index in [1.54, 1.807) is 24.3 Å². The summed E-state index contributed by atoms with van der Waals surface area (Å²) in [4.78, 5) is 37.6. The lowest BCUT2D eigenvalue weighted by Crippen LogP contribution is -2.07. The van der Waals surface area contributed by atoms with Crippen molar-refractivity contribution >= 4 is 46.8 Å². The Morgan fingerprint density at radius 3 is 2.59 bits per heavy atom. The van der Waals surface area contributed by atoms with E-state index < -0.39 is 10.9 Å². The fourth-order valence-electron chi connectivity index (χ4n) is 2.33. The maximum absolute atomic E-state index is 12.1. The number of cyclic esters (lactones) is 1. The molecule has 0 aliphatic carbocycles. The van der Waals surface area contributed by atoms with E-state index in [0.717, 1.165) is 0 Å². The minimum Gasteiger partial charge on any atom is -0.402 e. The van der Waals surface area contributed by atoms with Gasteiger partial charge in [-0.3, -0.25) is 14.9 Å². The summed E-state index contributed by atoms with van der Waals surface area (Å²) in [6, 6.07) is 10.5. The molecule has 1 aliphatic rings. The van der Waals surface area contributed by atoms with Gasteiger partial charge >= 0.3 is 5.97 Å². The summed E-state index contributed by atoms with van der Waals surface area (Å²) in [6.45, 7) is 1.40. The van der Waals surface area contributed by atoms with Crippen LogP contribution in [0.1, 0.15) is 18.1 Å². The molecule has 1 aliphatic heterocycles. The fourth-order valence-corrected chi connectivity index (χ4v) is 2.51. The normalized spacial score (nSPS) is 14.7. The van der Waals surface area contributed by atoms with Crippen molar-refractivity contribution in [2.75, 3.05) is 5.32 Å². The third-order valence-corrected chi connectivity index (χ3v) is 3.90. The zero-order chi connectivity index (χ0) is 19.6. The van der Waals surface area contributed by atoms with Gasteiger partial charge in [0.25, 0.3) is 5.69 Å². The third kappa shape index (κ3) is 4.18. The molecule has 9 heteroatoms. The van der Waals surface area contributed by atoms with E-state index in [2.05, 4.69) is 10.3 Å². The molecule has 1 heterocycles. The van der Waals surface area contributed by atoms with E-state index in [0.29, 0.717) is 11.3 Å². The van der Waals surface area contributed by atoms with Gasteiger partial charge in [0.05, 0.1) is 4.92 Å². The van der Waals surface area contributed by atoms with Crippen LogP contribution in [0.25, 0.3) is 6.08 Å². The molecule has 136 valence electrons. The molecule has 2 aromatic rings. The SMILES string of the molecule is CC(=O)Nc1ccc(C2=N/C(=C\c3cc([N+](=O)[O-])ccc3Cl)C(=O)O2)cc1. The minimum absolute atomic E-state index is 0.0293. The minimum atomic E-state index is -0.696. The highest BCUT2D eigenvalue weighted by atomic mass is 35.5. The van der Waals surface area contributed by atoms with Crippen molar-refractivity contribution in [2.24, 2.45) is 4.99 Å². The number of aliphatic imine (C=N–C) groups is 1. The lowest BCUT2D eigenvalue weighted by atomic mass is 10.1. The Bertz CT molecular complexity index is 1010. The summed E-state index contributed by atoms with van der Waals surface area (Å²) >= 11 is 6.04. The van der Waals surface area contributed by atoms with Crippen molar-refractivity contribution < 1.29 is 19.2 Å². The highest BCUT2D eigenvalue weighted by molar-refractivity contribution is 6.32. The Kier molecular flexibility index (Phi) is 5.00. The number of ether oxygens (including phenoxy) is 1. The predicted octanol–water partition coefficient (Wildman–Crippen LogP) is 3.55. The van der Waals surface area contributed by atoms with Gasteiger partial charge in [0.15, 0.2) is 5.70 Å². The number of hydrogen-bond donors (Lipinski definition) is 1. The fraction of sp³-hybridized carbons (Fsp3) is 0.0556. The highest BCUT2D eigenvalue weighted by Crippen LogP contribution is 2.26. The summed E-state index contributed by atoms with van der Waals surface area (Å²) in [5.74, 6) is -0.813. The number of nitro groups is 1. The number of anilines is 1. The van der Waals surface area contributed by atoms with Crippen LogP contribution in [-0.4, -0.2) is 22.7 Å². The molecule has 0 saturated carbocycles. The first kappa shape index (κ1) is 18.3. The molecule has 0 saturated heterocycles. The van der Waals surface area contributed by atoms with Crippen molar-refractivity contribution in [3.8, 4) is 0 Å². The van der Waals surface area contributed by atoms with Crippen molar-refractivity contribution in [1.82, 2.24) is 0 Å². The molecule has 0 fully saturated rings. The summed E-state index contributed by atoms with van der Waals surface area (Å²) in [5, 5.41) is 13.8. The number of non-ortho nitro benzene ring substituents is 1. The molecular weight excluding hydrogens is 374 g/mol. The van der Waals surface area contributed by atoms with Crippen LogP contribution >= 0.6 is 11.6 Å². The number of carbonyl (C=O) groups is 2. The van der Waals surface area contributed by atoms with Gasteiger partial charge in [0.2, 0.25) is 11.8 Å². The summed E-state index contributed by atoms with van der Waals surface area (Å²) in [6.07, 6.45) is 1.33. The average molecular weight is 386 g/mol. The smallest absolute Gasteiger partial charge is 0.363 e. The lowest BCUT2D eigenvalue weighted by Gasteiger charge is -2.03. The van der Waals surface area contributed by atoms with Crippen LogP contribution in [0.2, 0.25) is 5.02 Å². The van der Waals surface area contributed by atoms with Gasteiger partial charge in [0, 0.05) is 40.9 Å². The number of esters is 1. The topological polar surface area (TPSA) is 111 Å². The van der Waals surface area contributed by atoms with E-state index >= 15 is 0 Å². The van der Waals surface area contributed by atoms with E-state index in [-0.39, 0.29) is 33.8 Å². The maximum atomic E-state index is 12.1. The highest BCUT2D eigenvalue weighted by Gasteiger charge is 2.24. The zero-order valence-corrected chi connectivity index (χ0v) is 14.7. The third-order valence-electron chi connectivity index (χ3n) is 3.56. The van der Waals surface area contributed by atoms with Crippen LogP contribution in [0, 0.1) is 10.1 Å². The number of halogens is 1. The Hall–Kier alpha value is -3.52. The van der Waals surface area contributed by atoms with E-state index in [9.17, 15) is 19.7 Å². The molecule has 0 spiro atoms. The standard InChI is InChI=1S/C18H12ClN3O5/c1-10(23)20-13-4-2-11(3-5-13)17-21-16(18(24)27-17)9-12-8-14(22(25)26)6-7-15(12)19/h2-9H,1H3,(H,20,23)/b16-9-. The molecule has 8 nitrogen and oxygen atoms in total. The first-order valence-corrected chi connectivity index (χ1v) is 8.06. The van der Waals surface area contributed by atoms with Crippen molar-refractivity contribution in [1.29, 1.82) is 0 Å². The van der Waals surface area contributed by atoms with Crippen LogP contribution in [0.4, 0.5) is 11.4 Å². The van der Waals surface area contributed by atoms with Gasteiger partial charge in [-0.2, -0.15) is 0 Å². The van der Waals surface area contributed by atoms with Crippen molar-refractivity contribution in [3.63, 3.8) is 0 Å². The van der Waals surface area contributed by atoms with Crippen LogP contribution in [0.15, 0.2) is 53.2 Å². The lowest BCUT2D eigenvalue weighted by molar-refractivity contribution is -0.384. The van der Waals surface area contributed by atoms with Gasteiger partial charge in [-0.1, -0.05) is 11.6 Å². The maximum Gasteiger partial charge on any atom is 0.363 e. The molecule has 1 amide bonds. The largest absolute Gasteiger partial charge is 0.402 e. The number of benzene rings is 2. The molecule has 0 radical (unpaired) electrons. The number of nitrogens with zero attached hydrogens (tertiary/aromatic N) is 2. The monoisotopic (exact) mass is 385 g/mol. The molecule has 0 bridgehead atoms. The van der Waals surface area contributed by atoms with Crippen LogP contribution in [0.3, 0.4) is 0 Å². The first-order chi connectivity index (χ1) is 12.8. The van der Waals surface area contributed by atoms with E-state index in [1.807, 2.05) is 0 Å². The van der Waals surface area contributed by atoms with Crippen LogP contribution < -0.4 is 5.32 Å². The van der Waals surface area contributed by atoms with Gasteiger partial charge in [-0.15, -0.1) is 0 Å². The molecular formula is C18H12ClN3O5. The second-order valence-electron chi connectivity index (χ2n) is 5.56. The van der Waals surface area contributed by atoms with Gasteiger partial charge in [-0.05, 0) is 36.4 Å². The Labute approximate surface area is 158 Å². The van der Waals surface area contributed by atoms with Crippen molar-refractivity contribution in [3.05, 3.63) is 74.4 Å². The number of hydrogen-bond acceptors (Lipinski definition) is 6. The quantitative estimate of drug-likeness (QED) is 0.374. The van der Waals surface area contributed by atoms with Crippen LogP contribution in [-0.2, 0) is 14.3 Å². The van der Waals surface area contributed by atoms with E-state index in [1.165, 1.54) is 31.2 Å².